The van der Waals surface area contributed by atoms with Crippen LogP contribution in [-0.2, 0) is 0 Å². The molecule has 0 saturated carbocycles. The number of nitrogens with two attached hydrogens (primary N) is 1. The molecule has 0 bridgehead atoms. The molecule has 2 rings (SSSR count). The van der Waals surface area contributed by atoms with Gasteiger partial charge in [-0.2, -0.15) is 0 Å². The van der Waals surface area contributed by atoms with Gasteiger partial charge in [-0.25, -0.2) is 4.98 Å². The molecule has 2 heterocycles. The van der Waals surface area contributed by atoms with Crippen molar-refractivity contribution in [2.24, 2.45) is 0 Å². The third kappa shape index (κ3) is 2.79. The van der Waals surface area contributed by atoms with Gasteiger partial charge in [0.1, 0.15) is 11.5 Å². The van der Waals surface area contributed by atoms with Crippen LogP contribution in [0.15, 0.2) is 18.2 Å². The Bertz CT molecular complexity index is 422. The van der Waals surface area contributed by atoms with Crippen molar-refractivity contribution in [2.75, 3.05) is 18.9 Å². The molecule has 3 N–H and O–H groups in total. The van der Waals surface area contributed by atoms with Crippen molar-refractivity contribution in [3.8, 4) is 0 Å². The van der Waals surface area contributed by atoms with E-state index >= 15 is 0 Å². The Balaban J connectivity index is 2.19. The number of amides is 1. The van der Waals surface area contributed by atoms with Crippen LogP contribution in [0.4, 0.5) is 5.82 Å². The van der Waals surface area contributed by atoms with Crippen molar-refractivity contribution in [2.45, 2.75) is 31.7 Å². The summed E-state index contributed by atoms with van der Waals surface area (Å²) in [6, 6.07) is 4.95. The maximum absolute atomic E-state index is 12.4. The number of aliphatic hydroxyl groups excluding tert-OH is 1. The number of carbonyl (C=O) groups excluding carboxylic acids is 1. The third-order valence-electron chi connectivity index (χ3n) is 3.34. The second-order valence-electron chi connectivity index (χ2n) is 4.63. The van der Waals surface area contributed by atoms with Crippen LogP contribution in [0.5, 0.6) is 0 Å². The molecule has 98 valence electrons. The van der Waals surface area contributed by atoms with E-state index in [9.17, 15) is 9.90 Å². The largest absolute Gasteiger partial charge is 0.394 e. The number of likely N-dealkylation sites (tertiary alicyclic amines) is 1. The van der Waals surface area contributed by atoms with Crippen LogP contribution in [0.2, 0.25) is 0 Å². The molecule has 1 atom stereocenters. The normalized spacial score (nSPS) is 20.5. The molecular weight excluding hydrogens is 230 g/mol. The molecule has 5 heteroatoms. The van der Waals surface area contributed by atoms with E-state index in [1.54, 1.807) is 23.1 Å². The lowest BCUT2D eigenvalue weighted by Gasteiger charge is -2.28. The molecule has 0 aromatic carbocycles. The zero-order valence-electron chi connectivity index (χ0n) is 10.4. The standard InChI is InChI=1S/C13H19N3O2/c14-12-7-4-6-11(15-12)13(18)16-8-3-1-2-5-10(16)9-17/h4,6-7,10,17H,1-3,5,8-9H2,(H2,14,15). The van der Waals surface area contributed by atoms with Gasteiger partial charge >= 0.3 is 0 Å². The molecule has 5 nitrogen and oxygen atoms in total. The summed E-state index contributed by atoms with van der Waals surface area (Å²) in [5.41, 5.74) is 5.95. The van der Waals surface area contributed by atoms with E-state index in [0.717, 1.165) is 25.7 Å². The van der Waals surface area contributed by atoms with Crippen LogP contribution in [0.1, 0.15) is 36.2 Å². The Morgan fingerprint density at radius 1 is 1.44 bits per heavy atom. The number of anilines is 1. The molecule has 0 aliphatic carbocycles. The fourth-order valence-electron chi connectivity index (χ4n) is 2.35. The van der Waals surface area contributed by atoms with E-state index in [4.69, 9.17) is 5.73 Å². The fourth-order valence-corrected chi connectivity index (χ4v) is 2.35. The molecule has 0 radical (unpaired) electrons. The monoisotopic (exact) mass is 249 g/mol. The number of pyridine rings is 1. The molecule has 1 aromatic rings. The second kappa shape index (κ2) is 5.82. The lowest BCUT2D eigenvalue weighted by Crippen LogP contribution is -2.42. The molecule has 1 amide bonds. The van der Waals surface area contributed by atoms with Crippen LogP contribution in [0, 0.1) is 0 Å². The van der Waals surface area contributed by atoms with E-state index in [2.05, 4.69) is 4.98 Å². The number of hydrogen-bond acceptors (Lipinski definition) is 4. The van der Waals surface area contributed by atoms with Crippen LogP contribution in [-0.4, -0.2) is 40.1 Å². The van der Waals surface area contributed by atoms with Crippen molar-refractivity contribution >= 4 is 11.7 Å². The van der Waals surface area contributed by atoms with Gasteiger partial charge < -0.3 is 15.7 Å². The fraction of sp³-hybridized carbons (Fsp3) is 0.538. The zero-order chi connectivity index (χ0) is 13.0. The topological polar surface area (TPSA) is 79.5 Å². The zero-order valence-corrected chi connectivity index (χ0v) is 10.4. The lowest BCUT2D eigenvalue weighted by molar-refractivity contribution is 0.0594. The van der Waals surface area contributed by atoms with Crippen molar-refractivity contribution < 1.29 is 9.90 Å². The van der Waals surface area contributed by atoms with Crippen molar-refractivity contribution in [3.63, 3.8) is 0 Å². The van der Waals surface area contributed by atoms with Crippen molar-refractivity contribution in [1.29, 1.82) is 0 Å². The number of rotatable bonds is 2. The number of aromatic nitrogens is 1. The Kier molecular flexibility index (Phi) is 4.15. The van der Waals surface area contributed by atoms with Crippen LogP contribution >= 0.6 is 0 Å². The molecule has 1 aromatic heterocycles. The predicted octanol–water partition coefficient (Wildman–Crippen LogP) is 1.04. The van der Waals surface area contributed by atoms with Gasteiger partial charge in [0.15, 0.2) is 0 Å². The summed E-state index contributed by atoms with van der Waals surface area (Å²) in [6.45, 7) is 0.689. The van der Waals surface area contributed by atoms with E-state index in [0.29, 0.717) is 18.1 Å². The molecular formula is C13H19N3O2. The number of carbonyl (C=O) groups is 1. The summed E-state index contributed by atoms with van der Waals surface area (Å²) < 4.78 is 0. The minimum atomic E-state index is -0.136. The number of hydrogen-bond donors (Lipinski definition) is 2. The summed E-state index contributed by atoms with van der Waals surface area (Å²) in [7, 11) is 0. The van der Waals surface area contributed by atoms with E-state index in [-0.39, 0.29) is 18.6 Å². The summed E-state index contributed by atoms with van der Waals surface area (Å²) in [5.74, 6) is 0.208. The first-order valence-electron chi connectivity index (χ1n) is 6.36. The van der Waals surface area contributed by atoms with Gasteiger partial charge in [0.25, 0.3) is 5.91 Å². The number of nitrogens with zero attached hydrogens (tertiary/aromatic N) is 2. The molecule has 0 spiro atoms. The van der Waals surface area contributed by atoms with Crippen LogP contribution in [0.25, 0.3) is 0 Å². The summed E-state index contributed by atoms with van der Waals surface area (Å²) in [5, 5.41) is 9.40. The van der Waals surface area contributed by atoms with Gasteiger partial charge in [0, 0.05) is 6.54 Å². The highest BCUT2D eigenvalue weighted by atomic mass is 16.3. The van der Waals surface area contributed by atoms with Gasteiger partial charge in [-0.3, -0.25) is 4.79 Å². The predicted molar refractivity (Wildman–Crippen MR) is 69.0 cm³/mol. The quantitative estimate of drug-likeness (QED) is 0.820. The summed E-state index contributed by atoms with van der Waals surface area (Å²) in [4.78, 5) is 18.2. The summed E-state index contributed by atoms with van der Waals surface area (Å²) in [6.07, 6.45) is 3.99. The van der Waals surface area contributed by atoms with Gasteiger partial charge in [0.2, 0.25) is 0 Å². The number of nitrogen functional groups attached to an aromatic ring is 1. The van der Waals surface area contributed by atoms with E-state index in [1.807, 2.05) is 0 Å². The molecule has 1 fully saturated rings. The number of aliphatic hydroxyl groups is 1. The Morgan fingerprint density at radius 3 is 3.00 bits per heavy atom. The average molecular weight is 249 g/mol. The summed E-state index contributed by atoms with van der Waals surface area (Å²) >= 11 is 0. The average Bonchev–Trinajstić information content (AvgIpc) is 2.62. The van der Waals surface area contributed by atoms with Gasteiger partial charge in [-0.15, -0.1) is 0 Å². The highest BCUT2D eigenvalue weighted by Gasteiger charge is 2.26. The maximum Gasteiger partial charge on any atom is 0.272 e. The molecule has 1 saturated heterocycles. The van der Waals surface area contributed by atoms with Crippen molar-refractivity contribution in [3.05, 3.63) is 23.9 Å². The molecule has 1 unspecified atom stereocenters. The van der Waals surface area contributed by atoms with Gasteiger partial charge in [0.05, 0.1) is 12.6 Å². The van der Waals surface area contributed by atoms with Crippen LogP contribution in [0.3, 0.4) is 0 Å². The highest BCUT2D eigenvalue weighted by molar-refractivity contribution is 5.92. The molecule has 18 heavy (non-hydrogen) atoms. The molecule has 1 aliphatic heterocycles. The van der Waals surface area contributed by atoms with Crippen molar-refractivity contribution in [1.82, 2.24) is 9.88 Å². The minimum Gasteiger partial charge on any atom is -0.394 e. The minimum absolute atomic E-state index is 0.00799. The Labute approximate surface area is 107 Å². The first-order chi connectivity index (χ1) is 8.72. The van der Waals surface area contributed by atoms with Gasteiger partial charge in [-0.05, 0) is 25.0 Å². The Morgan fingerprint density at radius 2 is 2.28 bits per heavy atom. The first kappa shape index (κ1) is 12.8. The van der Waals surface area contributed by atoms with E-state index in [1.165, 1.54) is 0 Å². The SMILES string of the molecule is Nc1cccc(C(=O)N2CCCCCC2CO)n1. The first-order valence-corrected chi connectivity index (χ1v) is 6.36. The highest BCUT2D eigenvalue weighted by Crippen LogP contribution is 2.18. The smallest absolute Gasteiger partial charge is 0.272 e. The maximum atomic E-state index is 12.4. The van der Waals surface area contributed by atoms with Gasteiger partial charge in [-0.1, -0.05) is 18.9 Å². The van der Waals surface area contributed by atoms with E-state index < -0.39 is 0 Å². The van der Waals surface area contributed by atoms with Crippen LogP contribution < -0.4 is 5.73 Å². The lowest BCUT2D eigenvalue weighted by atomic mass is 10.1. The molecule has 1 aliphatic rings. The second-order valence-corrected chi connectivity index (χ2v) is 4.63. The third-order valence-corrected chi connectivity index (χ3v) is 3.34. The Hall–Kier alpha value is -1.62.